The van der Waals surface area contributed by atoms with Gasteiger partial charge in [-0.1, -0.05) is 24.3 Å². The van der Waals surface area contributed by atoms with Gasteiger partial charge in [0.2, 0.25) is 17.6 Å². The molecule has 0 radical (unpaired) electrons. The van der Waals surface area contributed by atoms with Crippen molar-refractivity contribution in [3.8, 4) is 17.5 Å². The average molecular weight is 462 g/mol. The van der Waals surface area contributed by atoms with Crippen LogP contribution in [-0.2, 0) is 9.59 Å². The van der Waals surface area contributed by atoms with Crippen molar-refractivity contribution in [1.82, 2.24) is 35.3 Å². The van der Waals surface area contributed by atoms with Crippen LogP contribution in [0.3, 0.4) is 0 Å². The van der Waals surface area contributed by atoms with Crippen LogP contribution in [0.5, 0.6) is 0 Å². The number of piperidine rings is 1. The highest BCUT2D eigenvalue weighted by Crippen LogP contribution is 2.48. The summed E-state index contributed by atoms with van der Waals surface area (Å²) < 4.78 is 0. The van der Waals surface area contributed by atoms with Crippen LogP contribution in [0.15, 0.2) is 24.3 Å². The summed E-state index contributed by atoms with van der Waals surface area (Å²) in [4.78, 5) is 32.0. The van der Waals surface area contributed by atoms with Crippen molar-refractivity contribution in [1.29, 1.82) is 5.26 Å². The summed E-state index contributed by atoms with van der Waals surface area (Å²) in [6.07, 6.45) is 2.49. The molecule has 176 valence electrons. The third kappa shape index (κ3) is 3.28. The zero-order valence-corrected chi connectivity index (χ0v) is 18.9. The van der Waals surface area contributed by atoms with Crippen LogP contribution in [0.25, 0.3) is 11.4 Å². The Labute approximate surface area is 196 Å². The molecule has 6 rings (SSSR count). The second kappa shape index (κ2) is 7.85. The fraction of sp³-hybridized carbons (Fsp3) is 0.565. The monoisotopic (exact) mass is 461 g/mol. The Balaban J connectivity index is 1.10. The molecule has 2 bridgehead atoms. The van der Waals surface area contributed by atoms with Crippen LogP contribution < -0.4 is 5.73 Å². The maximum Gasteiger partial charge on any atom is 0.242 e. The number of nitrogens with zero attached hydrogens (tertiary/aromatic N) is 7. The molecule has 4 heterocycles. The largest absolute Gasteiger partial charge is 0.330 e. The van der Waals surface area contributed by atoms with E-state index in [1.54, 1.807) is 4.90 Å². The number of aromatic amines is 1. The SMILES string of the molecule is C[C@H](c1ccc(-c2nn[nH]n2)cc1)N1C(=O)[C@@H]2C[C@H]1CN2C[C@H](N)C(=O)N1[C@H](C#N)CC2C[C@@H]21. The number of nitrogens with two attached hydrogens (primary N) is 1. The van der Waals surface area contributed by atoms with Crippen molar-refractivity contribution in [2.45, 2.75) is 62.4 Å². The molecule has 0 spiro atoms. The molecule has 3 N–H and O–H groups in total. The maximum absolute atomic E-state index is 13.3. The van der Waals surface area contributed by atoms with Crippen molar-refractivity contribution < 1.29 is 9.59 Å². The van der Waals surface area contributed by atoms with Crippen molar-refractivity contribution in [3.05, 3.63) is 29.8 Å². The predicted octanol–water partition coefficient (Wildman–Crippen LogP) is 0.0531. The zero-order valence-electron chi connectivity index (χ0n) is 18.9. The molecule has 3 aliphatic heterocycles. The van der Waals surface area contributed by atoms with E-state index in [4.69, 9.17) is 5.73 Å². The first-order valence-corrected chi connectivity index (χ1v) is 11.8. The number of tetrazole rings is 1. The Morgan fingerprint density at radius 1 is 1.29 bits per heavy atom. The number of fused-ring (bicyclic) bond motifs is 3. The summed E-state index contributed by atoms with van der Waals surface area (Å²) in [6.45, 7) is 3.10. The molecule has 1 saturated carbocycles. The topological polar surface area (TPSA) is 148 Å². The van der Waals surface area contributed by atoms with Gasteiger partial charge in [0, 0.05) is 30.7 Å². The number of amides is 2. The summed E-state index contributed by atoms with van der Waals surface area (Å²) in [7, 11) is 0. The van der Waals surface area contributed by atoms with E-state index in [1.807, 2.05) is 36.1 Å². The van der Waals surface area contributed by atoms with E-state index in [1.165, 1.54) is 0 Å². The number of benzene rings is 1. The Hall–Kier alpha value is -3.36. The van der Waals surface area contributed by atoms with E-state index in [9.17, 15) is 14.9 Å². The Kier molecular flexibility index (Phi) is 4.89. The van der Waals surface area contributed by atoms with E-state index in [2.05, 4.69) is 31.6 Å². The molecule has 4 fully saturated rings. The molecule has 2 aromatic rings. The number of hydrogen-bond acceptors (Lipinski definition) is 8. The highest BCUT2D eigenvalue weighted by atomic mass is 16.2. The van der Waals surface area contributed by atoms with Crippen molar-refractivity contribution in [2.75, 3.05) is 13.1 Å². The molecule has 7 atom stereocenters. The lowest BCUT2D eigenvalue weighted by atomic mass is 10.0. The van der Waals surface area contributed by atoms with Gasteiger partial charge in [0.25, 0.3) is 0 Å². The molecule has 34 heavy (non-hydrogen) atoms. The number of carbonyl (C=O) groups excluding carboxylic acids is 2. The number of piperazine rings is 1. The minimum atomic E-state index is -0.717. The van der Waals surface area contributed by atoms with Gasteiger partial charge in [-0.05, 0) is 42.9 Å². The zero-order chi connectivity index (χ0) is 23.6. The molecule has 4 aliphatic rings. The minimum absolute atomic E-state index is 0.0629. The molecule has 1 unspecified atom stereocenters. The van der Waals surface area contributed by atoms with Crippen molar-refractivity contribution in [3.63, 3.8) is 0 Å². The smallest absolute Gasteiger partial charge is 0.242 e. The third-order valence-electron chi connectivity index (χ3n) is 7.98. The quantitative estimate of drug-likeness (QED) is 0.613. The first-order valence-electron chi connectivity index (χ1n) is 11.8. The first kappa shape index (κ1) is 21.2. The van der Waals surface area contributed by atoms with Gasteiger partial charge < -0.3 is 15.5 Å². The van der Waals surface area contributed by atoms with Crippen LogP contribution in [0.1, 0.15) is 37.8 Å². The molecule has 11 nitrogen and oxygen atoms in total. The van der Waals surface area contributed by atoms with Crippen LogP contribution in [0.2, 0.25) is 0 Å². The van der Waals surface area contributed by atoms with Gasteiger partial charge in [-0.25, -0.2) is 0 Å². The number of hydrogen-bond donors (Lipinski definition) is 2. The fourth-order valence-electron chi connectivity index (χ4n) is 6.17. The molecular formula is C23H27N9O2. The lowest BCUT2D eigenvalue weighted by Gasteiger charge is -2.38. The molecule has 2 amide bonds. The standard InChI is InChI=1S/C23H27N9O2/c1-12(13-2-4-14(5-3-13)21-26-28-29-27-21)31-17-8-20(23(31)34)30(10-17)11-18(25)22(33)32-16(9-24)6-15-7-19(15)32/h2-5,12,15-20H,6-8,10-11,25H2,1H3,(H,26,27,28,29)/t12-,15?,16+,17+,18+,19+,20+/m1/s1. The van der Waals surface area contributed by atoms with E-state index >= 15 is 0 Å². The Morgan fingerprint density at radius 2 is 2.09 bits per heavy atom. The summed E-state index contributed by atoms with van der Waals surface area (Å²) in [5.41, 5.74) is 8.21. The maximum atomic E-state index is 13.3. The van der Waals surface area contributed by atoms with E-state index in [0.29, 0.717) is 24.8 Å². The normalized spacial score (nSPS) is 31.4. The van der Waals surface area contributed by atoms with E-state index in [-0.39, 0.29) is 42.0 Å². The van der Waals surface area contributed by atoms with Crippen molar-refractivity contribution in [2.24, 2.45) is 11.7 Å². The second-order valence-corrected chi connectivity index (χ2v) is 9.93. The number of carbonyl (C=O) groups is 2. The number of likely N-dealkylation sites (tertiary alicyclic amines) is 3. The summed E-state index contributed by atoms with van der Waals surface area (Å²) in [5.74, 6) is 0.924. The molecule has 11 heteroatoms. The minimum Gasteiger partial charge on any atom is -0.330 e. The fourth-order valence-corrected chi connectivity index (χ4v) is 6.17. The van der Waals surface area contributed by atoms with Gasteiger partial charge >= 0.3 is 0 Å². The first-order chi connectivity index (χ1) is 16.5. The van der Waals surface area contributed by atoms with Gasteiger partial charge in [0.1, 0.15) is 6.04 Å². The number of aromatic nitrogens is 4. The number of nitriles is 1. The van der Waals surface area contributed by atoms with Crippen LogP contribution in [-0.4, -0.2) is 90.4 Å². The highest BCUT2D eigenvalue weighted by Gasteiger charge is 2.56. The van der Waals surface area contributed by atoms with Crippen molar-refractivity contribution >= 4 is 11.8 Å². The average Bonchev–Trinajstić information content (AvgIpc) is 3.28. The molecule has 1 aliphatic carbocycles. The van der Waals surface area contributed by atoms with Gasteiger partial charge in [-0.2, -0.15) is 10.5 Å². The lowest BCUT2D eigenvalue weighted by molar-refractivity contribution is -0.141. The molecular weight excluding hydrogens is 434 g/mol. The highest BCUT2D eigenvalue weighted by molar-refractivity contribution is 5.87. The molecule has 1 aromatic carbocycles. The molecule has 1 aromatic heterocycles. The van der Waals surface area contributed by atoms with Crippen LogP contribution in [0.4, 0.5) is 0 Å². The van der Waals surface area contributed by atoms with Gasteiger partial charge in [-0.15, -0.1) is 10.2 Å². The number of H-pyrrole nitrogens is 1. The number of nitrogens with one attached hydrogen (secondary N) is 1. The second-order valence-electron chi connectivity index (χ2n) is 9.93. The third-order valence-corrected chi connectivity index (χ3v) is 7.98. The Bertz CT molecular complexity index is 1140. The summed E-state index contributed by atoms with van der Waals surface area (Å²) >= 11 is 0. The van der Waals surface area contributed by atoms with E-state index in [0.717, 1.165) is 30.4 Å². The number of rotatable bonds is 6. The van der Waals surface area contributed by atoms with Gasteiger partial charge in [0.05, 0.1) is 24.2 Å². The van der Waals surface area contributed by atoms with Crippen LogP contribution in [0, 0.1) is 17.2 Å². The van der Waals surface area contributed by atoms with Gasteiger partial charge in [-0.3, -0.25) is 14.5 Å². The lowest BCUT2D eigenvalue weighted by Crippen LogP contribution is -2.57. The summed E-state index contributed by atoms with van der Waals surface area (Å²) in [6, 6.07) is 9.00. The molecule has 3 saturated heterocycles. The predicted molar refractivity (Wildman–Crippen MR) is 119 cm³/mol. The summed E-state index contributed by atoms with van der Waals surface area (Å²) in [5, 5.41) is 23.4. The van der Waals surface area contributed by atoms with Crippen LogP contribution >= 0.6 is 0 Å². The van der Waals surface area contributed by atoms with E-state index < -0.39 is 6.04 Å². The van der Waals surface area contributed by atoms with Gasteiger partial charge in [0.15, 0.2) is 0 Å². The Morgan fingerprint density at radius 3 is 2.76 bits per heavy atom.